The fourth-order valence-corrected chi connectivity index (χ4v) is 10.7. The number of fused-ring (bicyclic) bond motifs is 10. The molecule has 2 aliphatic rings. The van der Waals surface area contributed by atoms with Crippen molar-refractivity contribution in [2.24, 2.45) is 0 Å². The summed E-state index contributed by atoms with van der Waals surface area (Å²) in [5.74, 6) is 1.81. The van der Waals surface area contributed by atoms with Crippen molar-refractivity contribution in [3.05, 3.63) is 283 Å². The molecule has 1 aromatic heterocycles. The van der Waals surface area contributed by atoms with Gasteiger partial charge in [0.25, 0.3) is 0 Å². The topological polar surface area (TPSA) is 45.2 Å². The van der Waals surface area contributed by atoms with Gasteiger partial charge in [0.15, 0.2) is 17.5 Å². The predicted octanol–water partition coefficient (Wildman–Crippen LogP) is 16.2. The maximum atomic E-state index is 5.35. The van der Waals surface area contributed by atoms with Crippen molar-refractivity contribution in [3.63, 3.8) is 0 Å². The molecular weight excluding hydrogens is 839 g/mol. The van der Waals surface area contributed by atoms with Gasteiger partial charge in [-0.3, -0.25) is 0 Å². The van der Waals surface area contributed by atoms with E-state index in [9.17, 15) is 0 Å². The van der Waals surface area contributed by atoms with E-state index in [4.69, 9.17) is 15.0 Å². The third-order valence-electron chi connectivity index (χ3n) is 13.7. The Morgan fingerprint density at radius 3 is 0.870 bits per heavy atom. The first-order valence-corrected chi connectivity index (χ1v) is 23.4. The first kappa shape index (κ1) is 40.1. The van der Waals surface area contributed by atoms with Gasteiger partial charge in [0.1, 0.15) is 0 Å². The van der Waals surface area contributed by atoms with E-state index in [1.54, 1.807) is 0 Å². The second kappa shape index (κ2) is 16.6. The van der Waals surface area contributed by atoms with Crippen molar-refractivity contribution >= 4 is 34.1 Å². The van der Waals surface area contributed by atoms with Gasteiger partial charge in [0, 0.05) is 50.8 Å². The molecule has 0 fully saturated rings. The zero-order valence-electron chi connectivity index (χ0n) is 37.6. The number of nitrogens with zero attached hydrogens (tertiary/aromatic N) is 5. The predicted molar refractivity (Wildman–Crippen MR) is 282 cm³/mol. The van der Waals surface area contributed by atoms with E-state index in [0.29, 0.717) is 17.5 Å². The summed E-state index contributed by atoms with van der Waals surface area (Å²) in [4.78, 5) is 20.5. The Morgan fingerprint density at radius 2 is 0.507 bits per heavy atom. The molecule has 13 rings (SSSR count). The van der Waals surface area contributed by atoms with Crippen LogP contribution in [0.15, 0.2) is 261 Å². The number of anilines is 6. The monoisotopic (exact) mass is 881 g/mol. The van der Waals surface area contributed by atoms with Gasteiger partial charge in [0.05, 0.1) is 5.41 Å². The number of hydrogen-bond acceptors (Lipinski definition) is 5. The molecule has 5 nitrogen and oxygen atoms in total. The molecule has 0 radical (unpaired) electrons. The van der Waals surface area contributed by atoms with Crippen molar-refractivity contribution < 1.29 is 0 Å². The lowest BCUT2D eigenvalue weighted by Crippen LogP contribution is -2.25. The minimum atomic E-state index is -0.494. The molecule has 0 bridgehead atoms. The van der Waals surface area contributed by atoms with Gasteiger partial charge in [-0.25, -0.2) is 15.0 Å². The molecule has 5 heteroatoms. The van der Waals surface area contributed by atoms with E-state index in [-0.39, 0.29) is 0 Å². The quantitative estimate of drug-likeness (QED) is 0.145. The van der Waals surface area contributed by atoms with E-state index >= 15 is 0 Å². The fraction of sp³-hybridized carbons (Fsp3) is 0.0156. The molecule has 69 heavy (non-hydrogen) atoms. The molecule has 0 saturated carbocycles. The first-order valence-electron chi connectivity index (χ1n) is 23.4. The van der Waals surface area contributed by atoms with Crippen LogP contribution >= 0.6 is 0 Å². The van der Waals surface area contributed by atoms with Crippen LogP contribution in [0.5, 0.6) is 0 Å². The van der Waals surface area contributed by atoms with Crippen LogP contribution in [0.1, 0.15) is 22.3 Å². The van der Waals surface area contributed by atoms with Crippen LogP contribution in [0.25, 0.3) is 56.4 Å². The molecule has 0 atom stereocenters. The van der Waals surface area contributed by atoms with E-state index in [0.717, 1.165) is 50.8 Å². The highest BCUT2D eigenvalue weighted by Gasteiger charge is 2.51. The Morgan fingerprint density at radius 1 is 0.232 bits per heavy atom. The number of benzene rings is 10. The Hall–Kier alpha value is -9.19. The first-order chi connectivity index (χ1) is 34.2. The van der Waals surface area contributed by atoms with Crippen LogP contribution in [0.4, 0.5) is 34.1 Å². The molecule has 10 aromatic carbocycles. The molecule has 2 aliphatic carbocycles. The normalized spacial score (nSPS) is 12.5. The lowest BCUT2D eigenvalue weighted by atomic mass is 9.70. The van der Waals surface area contributed by atoms with Crippen LogP contribution in [0.3, 0.4) is 0 Å². The Bertz CT molecular complexity index is 3370. The van der Waals surface area contributed by atoms with Crippen molar-refractivity contribution in [1.29, 1.82) is 0 Å². The van der Waals surface area contributed by atoms with Gasteiger partial charge < -0.3 is 9.80 Å². The van der Waals surface area contributed by atoms with Gasteiger partial charge in [-0.05, 0) is 148 Å². The third-order valence-corrected chi connectivity index (χ3v) is 13.7. The van der Waals surface area contributed by atoms with Crippen molar-refractivity contribution in [2.75, 3.05) is 9.80 Å². The molecular formula is C64H43N5. The average Bonchev–Trinajstić information content (AvgIpc) is 3.90. The Kier molecular flexibility index (Phi) is 9.65. The summed E-state index contributed by atoms with van der Waals surface area (Å²) in [6.07, 6.45) is 0. The molecule has 0 N–H and O–H groups in total. The Labute approximate surface area is 402 Å². The summed E-state index contributed by atoms with van der Waals surface area (Å²) < 4.78 is 0. The number of rotatable bonds is 9. The van der Waals surface area contributed by atoms with Gasteiger partial charge >= 0.3 is 0 Å². The van der Waals surface area contributed by atoms with E-state index in [2.05, 4.69) is 246 Å². The van der Waals surface area contributed by atoms with Crippen LogP contribution in [0, 0.1) is 0 Å². The van der Waals surface area contributed by atoms with Gasteiger partial charge in [0.2, 0.25) is 0 Å². The van der Waals surface area contributed by atoms with E-state index < -0.39 is 5.41 Å². The van der Waals surface area contributed by atoms with E-state index in [1.165, 1.54) is 44.5 Å². The van der Waals surface area contributed by atoms with Gasteiger partial charge in [-0.15, -0.1) is 0 Å². The molecule has 1 heterocycles. The molecule has 0 amide bonds. The summed E-state index contributed by atoms with van der Waals surface area (Å²) in [5.41, 5.74) is 18.7. The van der Waals surface area contributed by atoms with Crippen LogP contribution in [-0.2, 0) is 5.41 Å². The molecule has 1 spiro atoms. The highest BCUT2D eigenvalue weighted by atomic mass is 15.1. The molecule has 0 saturated heterocycles. The lowest BCUT2D eigenvalue weighted by molar-refractivity contribution is 0.794. The van der Waals surface area contributed by atoms with Crippen LogP contribution in [0.2, 0.25) is 0 Å². The highest BCUT2D eigenvalue weighted by molar-refractivity contribution is 5.96. The Balaban J connectivity index is 0.969. The van der Waals surface area contributed by atoms with Crippen LogP contribution < -0.4 is 9.80 Å². The van der Waals surface area contributed by atoms with Gasteiger partial charge in [-0.2, -0.15) is 0 Å². The SMILES string of the molecule is c1ccc(N(c2ccccc2)c2ccc(-c3nc(-c4ccc(N(c5ccccc5)c5ccccc5)cc4)nc(-c4ccc5c(c4)C4(c6ccccc6-c6ccccc64)c4ccccc4-5)n3)cc2)cc1. The standard InChI is InChI=1S/C64H43N5/c1-5-19-47(20-6-1)68(48-21-7-2-8-22-48)51-38-33-44(34-39-51)61-65-62(45-35-40-52(41-36-45)69(49-23-9-3-10-24-49)50-25-11-4-12-26-50)67-63(66-61)46-37-42-56-55-29-15-18-32-59(55)64(60(56)43-46)57-30-16-13-27-53(57)54-28-14-17-31-58(54)64/h1-43H. The van der Waals surface area contributed by atoms with Crippen molar-refractivity contribution in [1.82, 2.24) is 15.0 Å². The molecule has 0 aliphatic heterocycles. The molecule has 0 unspecified atom stereocenters. The van der Waals surface area contributed by atoms with Crippen molar-refractivity contribution in [3.8, 4) is 56.4 Å². The second-order valence-electron chi connectivity index (χ2n) is 17.6. The van der Waals surface area contributed by atoms with Gasteiger partial charge in [-0.1, -0.05) is 158 Å². The zero-order valence-corrected chi connectivity index (χ0v) is 37.6. The smallest absolute Gasteiger partial charge is 0.164 e. The second-order valence-corrected chi connectivity index (χ2v) is 17.6. The minimum Gasteiger partial charge on any atom is -0.311 e. The number of aromatic nitrogens is 3. The average molecular weight is 882 g/mol. The summed E-state index contributed by atoms with van der Waals surface area (Å²) in [6, 6.07) is 92.5. The van der Waals surface area contributed by atoms with Crippen molar-refractivity contribution in [2.45, 2.75) is 5.41 Å². The summed E-state index contributed by atoms with van der Waals surface area (Å²) in [5, 5.41) is 0. The number of hydrogen-bond donors (Lipinski definition) is 0. The van der Waals surface area contributed by atoms with Crippen LogP contribution in [-0.4, -0.2) is 15.0 Å². The van der Waals surface area contributed by atoms with E-state index in [1.807, 2.05) is 24.3 Å². The number of para-hydroxylation sites is 4. The summed E-state index contributed by atoms with van der Waals surface area (Å²) in [6.45, 7) is 0. The maximum Gasteiger partial charge on any atom is 0.164 e. The minimum absolute atomic E-state index is 0.494. The fourth-order valence-electron chi connectivity index (χ4n) is 10.7. The molecule has 11 aromatic rings. The zero-order chi connectivity index (χ0) is 45.7. The lowest BCUT2D eigenvalue weighted by Gasteiger charge is -2.30. The largest absolute Gasteiger partial charge is 0.311 e. The highest BCUT2D eigenvalue weighted by Crippen LogP contribution is 2.63. The summed E-state index contributed by atoms with van der Waals surface area (Å²) in [7, 11) is 0. The third kappa shape index (κ3) is 6.66. The maximum absolute atomic E-state index is 5.35. The molecule has 324 valence electrons. The summed E-state index contributed by atoms with van der Waals surface area (Å²) >= 11 is 0.